The smallest absolute Gasteiger partial charge is 0.331 e. The van der Waals surface area contributed by atoms with Crippen molar-refractivity contribution < 1.29 is 5.11 Å². The molecule has 0 saturated heterocycles. The molecule has 18 heavy (non-hydrogen) atoms. The molecule has 0 fully saturated rings. The molecule has 0 bridgehead atoms. The molecule has 94 valence electrons. The molecule has 0 saturated carbocycles. The van der Waals surface area contributed by atoms with Crippen molar-refractivity contribution in [2.75, 3.05) is 0 Å². The highest BCUT2D eigenvalue weighted by Gasteiger charge is 2.12. The lowest BCUT2D eigenvalue weighted by Crippen LogP contribution is -2.32. The Hall–Kier alpha value is -2.37. The minimum absolute atomic E-state index is 0.169. The van der Waals surface area contributed by atoms with Crippen molar-refractivity contribution in [1.29, 1.82) is 0 Å². The molecule has 0 spiro atoms. The van der Waals surface area contributed by atoms with Crippen LogP contribution in [0.3, 0.4) is 0 Å². The van der Waals surface area contributed by atoms with Crippen LogP contribution in [-0.2, 0) is 13.0 Å². The maximum absolute atomic E-state index is 11.7. The van der Waals surface area contributed by atoms with Crippen LogP contribution >= 0.6 is 0 Å². The normalized spacial score (nSPS) is 10.5. The summed E-state index contributed by atoms with van der Waals surface area (Å²) in [6, 6.07) is 3.53. The molecule has 6 heteroatoms. The summed E-state index contributed by atoms with van der Waals surface area (Å²) in [7, 11) is 0. The van der Waals surface area contributed by atoms with Crippen molar-refractivity contribution in [2.24, 2.45) is 0 Å². The number of aromatic nitrogens is 3. The van der Waals surface area contributed by atoms with Crippen molar-refractivity contribution in [2.45, 2.75) is 19.9 Å². The summed E-state index contributed by atoms with van der Waals surface area (Å²) in [5.41, 5.74) is -0.191. The third-order valence-electron chi connectivity index (χ3n) is 2.68. The lowest BCUT2D eigenvalue weighted by molar-refractivity contribution is 0.402. The van der Waals surface area contributed by atoms with Crippen LogP contribution in [0.1, 0.15) is 18.1 Å². The van der Waals surface area contributed by atoms with Gasteiger partial charge in [-0.25, -0.2) is 4.79 Å². The van der Waals surface area contributed by atoms with Gasteiger partial charge in [-0.2, -0.15) is 0 Å². The molecule has 0 unspecified atom stereocenters. The fourth-order valence-electron chi connectivity index (χ4n) is 1.74. The Morgan fingerprint density at radius 3 is 2.83 bits per heavy atom. The second-order valence-corrected chi connectivity index (χ2v) is 3.86. The largest absolute Gasteiger partial charge is 0.494 e. The van der Waals surface area contributed by atoms with Crippen molar-refractivity contribution >= 4 is 0 Å². The molecule has 0 aliphatic heterocycles. The first-order valence-electron chi connectivity index (χ1n) is 5.57. The Bertz CT molecular complexity index is 659. The van der Waals surface area contributed by atoms with Gasteiger partial charge < -0.3 is 5.11 Å². The predicted octanol–water partition coefficient (Wildman–Crippen LogP) is 0.248. The molecule has 6 nitrogen and oxygen atoms in total. The summed E-state index contributed by atoms with van der Waals surface area (Å²) in [4.78, 5) is 29.2. The SMILES string of the molecule is CCc1c(O)n(Cc2cccnc2)c(=O)[nH]c1=O. The van der Waals surface area contributed by atoms with Crippen molar-refractivity contribution in [3.8, 4) is 5.88 Å². The van der Waals surface area contributed by atoms with Gasteiger partial charge in [-0.05, 0) is 18.1 Å². The second kappa shape index (κ2) is 4.87. The first-order valence-corrected chi connectivity index (χ1v) is 5.57. The zero-order valence-corrected chi connectivity index (χ0v) is 9.88. The molecule has 0 aliphatic rings. The van der Waals surface area contributed by atoms with E-state index < -0.39 is 11.2 Å². The van der Waals surface area contributed by atoms with Crippen LogP contribution < -0.4 is 11.2 Å². The van der Waals surface area contributed by atoms with Gasteiger partial charge in [0.25, 0.3) is 5.56 Å². The van der Waals surface area contributed by atoms with E-state index in [9.17, 15) is 14.7 Å². The molecular weight excluding hydrogens is 234 g/mol. The Labute approximate surface area is 103 Å². The molecule has 2 N–H and O–H groups in total. The summed E-state index contributed by atoms with van der Waals surface area (Å²) in [6.07, 6.45) is 3.58. The van der Waals surface area contributed by atoms with Crippen LogP contribution in [-0.4, -0.2) is 19.6 Å². The second-order valence-electron chi connectivity index (χ2n) is 3.86. The minimum Gasteiger partial charge on any atom is -0.494 e. The van der Waals surface area contributed by atoms with Gasteiger partial charge in [0.15, 0.2) is 0 Å². The Morgan fingerprint density at radius 1 is 1.44 bits per heavy atom. The summed E-state index contributed by atoms with van der Waals surface area (Å²) >= 11 is 0. The van der Waals surface area contributed by atoms with Gasteiger partial charge in [0, 0.05) is 12.4 Å². The van der Waals surface area contributed by atoms with Gasteiger partial charge in [-0.1, -0.05) is 13.0 Å². The number of nitrogens with one attached hydrogen (secondary N) is 1. The molecule has 2 rings (SSSR count). The van der Waals surface area contributed by atoms with Gasteiger partial charge in [-0.3, -0.25) is 19.3 Å². The molecule has 0 amide bonds. The lowest BCUT2D eigenvalue weighted by atomic mass is 10.2. The summed E-state index contributed by atoms with van der Waals surface area (Å²) in [6.45, 7) is 1.91. The minimum atomic E-state index is -0.626. The van der Waals surface area contributed by atoms with Crippen molar-refractivity contribution in [3.05, 3.63) is 56.5 Å². The van der Waals surface area contributed by atoms with Crippen LogP contribution in [0.25, 0.3) is 0 Å². The molecule has 0 atom stereocenters. The topological polar surface area (TPSA) is 88.0 Å². The molecule has 0 radical (unpaired) electrons. The van der Waals surface area contributed by atoms with Crippen LogP contribution in [0, 0.1) is 0 Å². The number of nitrogens with zero attached hydrogens (tertiary/aromatic N) is 2. The number of H-pyrrole nitrogens is 1. The number of aromatic amines is 1. The zero-order valence-electron chi connectivity index (χ0n) is 9.88. The molecule has 2 aromatic heterocycles. The average molecular weight is 247 g/mol. The maximum Gasteiger partial charge on any atom is 0.331 e. The first kappa shape index (κ1) is 12.1. The first-order chi connectivity index (χ1) is 8.63. The average Bonchev–Trinajstić information content (AvgIpc) is 2.36. The highest BCUT2D eigenvalue weighted by atomic mass is 16.3. The van der Waals surface area contributed by atoms with Gasteiger partial charge in [-0.15, -0.1) is 0 Å². The van der Waals surface area contributed by atoms with Crippen LogP contribution in [0.5, 0.6) is 5.88 Å². The van der Waals surface area contributed by atoms with E-state index in [1.165, 1.54) is 0 Å². The summed E-state index contributed by atoms with van der Waals surface area (Å²) < 4.78 is 1.12. The maximum atomic E-state index is 11.7. The highest BCUT2D eigenvalue weighted by molar-refractivity contribution is 5.24. The van der Waals surface area contributed by atoms with Gasteiger partial charge in [0.1, 0.15) is 0 Å². The molecule has 2 aromatic rings. The zero-order chi connectivity index (χ0) is 13.1. The molecular formula is C12H13N3O3. The quantitative estimate of drug-likeness (QED) is 0.813. The van der Waals surface area contributed by atoms with Gasteiger partial charge in [0.2, 0.25) is 5.88 Å². The van der Waals surface area contributed by atoms with E-state index in [4.69, 9.17) is 0 Å². The number of pyridine rings is 1. The third-order valence-corrected chi connectivity index (χ3v) is 2.68. The van der Waals surface area contributed by atoms with Crippen LogP contribution in [0.4, 0.5) is 0 Å². The molecule has 0 aromatic carbocycles. The van der Waals surface area contributed by atoms with Gasteiger partial charge >= 0.3 is 5.69 Å². The number of hydrogen-bond acceptors (Lipinski definition) is 4. The standard InChI is InChI=1S/C12H13N3O3/c1-2-9-10(16)14-12(18)15(11(9)17)7-8-4-3-5-13-6-8/h3-6,17H,2,7H2,1H3,(H,14,16,18). The number of aromatic hydroxyl groups is 1. The van der Waals surface area contributed by atoms with Crippen LogP contribution in [0.15, 0.2) is 34.1 Å². The number of hydrogen-bond donors (Lipinski definition) is 2. The summed E-state index contributed by atoms with van der Waals surface area (Å²) in [5.74, 6) is -0.282. The third kappa shape index (κ3) is 2.17. The van der Waals surface area contributed by atoms with E-state index in [0.29, 0.717) is 6.42 Å². The van der Waals surface area contributed by atoms with E-state index in [1.807, 2.05) is 0 Å². The van der Waals surface area contributed by atoms with E-state index in [-0.39, 0.29) is 18.0 Å². The van der Waals surface area contributed by atoms with E-state index in [1.54, 1.807) is 31.5 Å². The van der Waals surface area contributed by atoms with Crippen molar-refractivity contribution in [3.63, 3.8) is 0 Å². The molecule has 0 aliphatic carbocycles. The highest BCUT2D eigenvalue weighted by Crippen LogP contribution is 2.12. The Kier molecular flexibility index (Phi) is 3.27. The van der Waals surface area contributed by atoms with E-state index >= 15 is 0 Å². The fraction of sp³-hybridized carbons (Fsp3) is 0.250. The monoisotopic (exact) mass is 247 g/mol. The Balaban J connectivity index is 2.52. The Morgan fingerprint density at radius 2 is 2.22 bits per heavy atom. The fourth-order valence-corrected chi connectivity index (χ4v) is 1.74. The number of rotatable bonds is 3. The van der Waals surface area contributed by atoms with Crippen LogP contribution in [0.2, 0.25) is 0 Å². The van der Waals surface area contributed by atoms with E-state index in [0.717, 1.165) is 10.1 Å². The summed E-state index contributed by atoms with van der Waals surface area (Å²) in [5, 5.41) is 9.93. The van der Waals surface area contributed by atoms with Crippen molar-refractivity contribution in [1.82, 2.24) is 14.5 Å². The predicted molar refractivity (Wildman–Crippen MR) is 65.7 cm³/mol. The van der Waals surface area contributed by atoms with E-state index in [2.05, 4.69) is 9.97 Å². The van der Waals surface area contributed by atoms with Gasteiger partial charge in [0.05, 0.1) is 12.1 Å². The lowest BCUT2D eigenvalue weighted by Gasteiger charge is -2.10. The molecule has 2 heterocycles.